The van der Waals surface area contributed by atoms with Crippen LogP contribution in [0.25, 0.3) is 0 Å². The highest BCUT2D eigenvalue weighted by Crippen LogP contribution is 2.39. The van der Waals surface area contributed by atoms with E-state index in [0.29, 0.717) is 99.8 Å². The number of carbonyl (C=O) groups is 4. The average molecular weight is 1090 g/mol. The lowest BCUT2D eigenvalue weighted by Crippen LogP contribution is -2.34. The zero-order valence-electron chi connectivity index (χ0n) is 50.6. The summed E-state index contributed by atoms with van der Waals surface area (Å²) in [6.07, 6.45) is 8.67. The number of amides is 4. The highest BCUT2D eigenvalue weighted by atomic mass is 16.5. The molecule has 0 fully saturated rings. The monoisotopic (exact) mass is 1090 g/mol. The van der Waals surface area contributed by atoms with Gasteiger partial charge in [0.1, 0.15) is 23.0 Å². The van der Waals surface area contributed by atoms with E-state index in [1.54, 1.807) is 0 Å². The van der Waals surface area contributed by atoms with Gasteiger partial charge in [-0.2, -0.15) is 0 Å². The van der Waals surface area contributed by atoms with Gasteiger partial charge in [-0.15, -0.1) is 0 Å². The Kier molecular flexibility index (Phi) is 28.8. The Morgan fingerprint density at radius 1 is 0.418 bits per heavy atom. The number of nitrogens with zero attached hydrogens (tertiary/aromatic N) is 2. The number of aryl methyl sites for hydroxylation is 3. The molecular weight excluding hydrogens is 993 g/mol. The lowest BCUT2D eigenvalue weighted by Gasteiger charge is -2.23. The van der Waals surface area contributed by atoms with E-state index in [2.05, 4.69) is 118 Å². The summed E-state index contributed by atoms with van der Waals surface area (Å²) in [5.41, 5.74) is 11.0. The zero-order valence-corrected chi connectivity index (χ0v) is 50.6. The minimum Gasteiger partial charge on any atom is -0.483 e. The molecule has 4 aromatic rings. The number of rotatable bonds is 37. The summed E-state index contributed by atoms with van der Waals surface area (Å²) in [4.78, 5) is 57.4. The first-order chi connectivity index (χ1) is 37.9. The summed E-state index contributed by atoms with van der Waals surface area (Å²) in [7, 11) is 7.88. The van der Waals surface area contributed by atoms with Crippen molar-refractivity contribution in [3.05, 3.63) is 116 Å². The first kappa shape index (κ1) is 65.4. The molecule has 436 valence electrons. The summed E-state index contributed by atoms with van der Waals surface area (Å²) < 4.78 is 26.5. The lowest BCUT2D eigenvalue weighted by molar-refractivity contribution is -0.123. The molecule has 4 amide bonds. The zero-order chi connectivity index (χ0) is 57.9. The quantitative estimate of drug-likeness (QED) is 0.0343. The molecule has 0 atom stereocenters. The lowest BCUT2D eigenvalue weighted by atomic mass is 9.88. The van der Waals surface area contributed by atoms with Crippen LogP contribution >= 0.6 is 0 Å². The van der Waals surface area contributed by atoms with Gasteiger partial charge in [-0.1, -0.05) is 124 Å². The molecule has 14 heteroatoms. The predicted molar refractivity (Wildman–Crippen MR) is 320 cm³/mol. The molecule has 0 heterocycles. The van der Waals surface area contributed by atoms with E-state index in [1.807, 2.05) is 57.9 Å². The van der Waals surface area contributed by atoms with Crippen molar-refractivity contribution in [2.24, 2.45) is 11.8 Å². The Morgan fingerprint density at radius 3 is 1.14 bits per heavy atom. The van der Waals surface area contributed by atoms with Crippen LogP contribution in [-0.2, 0) is 70.5 Å². The number of carbonyl (C=O) groups excluding carboxylic acids is 4. The molecule has 0 aliphatic carbocycles. The van der Waals surface area contributed by atoms with Crippen molar-refractivity contribution >= 4 is 23.6 Å². The summed E-state index contributed by atoms with van der Waals surface area (Å²) in [6.45, 7) is 22.1. The smallest absolute Gasteiger partial charge is 0.257 e. The minimum atomic E-state index is -0.233. The first-order valence-corrected chi connectivity index (χ1v) is 29.3. The van der Waals surface area contributed by atoms with Crippen LogP contribution in [0.4, 0.5) is 0 Å². The third-order valence-electron chi connectivity index (χ3n) is 13.2. The van der Waals surface area contributed by atoms with Crippen molar-refractivity contribution in [1.82, 2.24) is 31.1 Å². The number of ether oxygens (including phenoxy) is 4. The van der Waals surface area contributed by atoms with Crippen LogP contribution in [0.2, 0.25) is 0 Å². The van der Waals surface area contributed by atoms with Gasteiger partial charge in [-0.25, -0.2) is 0 Å². The van der Waals surface area contributed by atoms with Crippen molar-refractivity contribution in [1.29, 1.82) is 0 Å². The van der Waals surface area contributed by atoms with Gasteiger partial charge in [-0.05, 0) is 152 Å². The second-order valence-electron chi connectivity index (χ2n) is 22.4. The van der Waals surface area contributed by atoms with E-state index in [4.69, 9.17) is 18.9 Å². The van der Waals surface area contributed by atoms with Crippen molar-refractivity contribution < 1.29 is 38.1 Å². The van der Waals surface area contributed by atoms with Crippen LogP contribution in [0.3, 0.4) is 0 Å². The Morgan fingerprint density at radius 2 is 0.759 bits per heavy atom. The Bertz CT molecular complexity index is 2560. The molecule has 0 saturated carbocycles. The molecule has 0 saturated heterocycles. The van der Waals surface area contributed by atoms with Crippen molar-refractivity contribution in [2.75, 3.05) is 93.9 Å². The fourth-order valence-corrected chi connectivity index (χ4v) is 9.66. The van der Waals surface area contributed by atoms with E-state index in [-0.39, 0.29) is 50.1 Å². The third-order valence-corrected chi connectivity index (χ3v) is 13.2. The normalized spacial score (nSPS) is 11.4. The highest BCUT2D eigenvalue weighted by molar-refractivity contribution is 5.79. The molecule has 4 rings (SSSR count). The van der Waals surface area contributed by atoms with Crippen LogP contribution in [0.1, 0.15) is 149 Å². The van der Waals surface area contributed by atoms with Crippen molar-refractivity contribution in [2.45, 2.75) is 139 Å². The summed E-state index contributed by atoms with van der Waals surface area (Å²) >= 11 is 0. The molecule has 0 bridgehead atoms. The Balaban J connectivity index is 2.02. The van der Waals surface area contributed by atoms with Gasteiger partial charge in [0.25, 0.3) is 23.6 Å². The molecule has 4 aromatic carbocycles. The van der Waals surface area contributed by atoms with Crippen LogP contribution < -0.4 is 40.2 Å². The van der Waals surface area contributed by atoms with E-state index < -0.39 is 0 Å². The van der Waals surface area contributed by atoms with Gasteiger partial charge in [0.15, 0.2) is 26.4 Å². The van der Waals surface area contributed by atoms with E-state index >= 15 is 0 Å². The van der Waals surface area contributed by atoms with Crippen LogP contribution in [0, 0.1) is 11.8 Å². The maximum absolute atomic E-state index is 13.7. The highest BCUT2D eigenvalue weighted by Gasteiger charge is 2.24. The molecule has 0 aliphatic rings. The van der Waals surface area contributed by atoms with E-state index in [1.165, 1.54) is 5.56 Å². The number of hydrogen-bond acceptors (Lipinski definition) is 10. The van der Waals surface area contributed by atoms with Gasteiger partial charge in [-0.3, -0.25) is 19.2 Å². The van der Waals surface area contributed by atoms with Gasteiger partial charge >= 0.3 is 0 Å². The average Bonchev–Trinajstić information content (AvgIpc) is 3.41. The van der Waals surface area contributed by atoms with Gasteiger partial charge in [0.05, 0.1) is 0 Å². The Labute approximate surface area is 474 Å². The molecule has 0 aromatic heterocycles. The van der Waals surface area contributed by atoms with E-state index in [9.17, 15) is 19.2 Å². The van der Waals surface area contributed by atoms with Gasteiger partial charge < -0.3 is 50.0 Å². The van der Waals surface area contributed by atoms with Crippen LogP contribution in [0.15, 0.2) is 54.6 Å². The maximum Gasteiger partial charge on any atom is 0.257 e. The molecule has 0 unspecified atom stereocenters. The molecule has 4 N–H and O–H groups in total. The van der Waals surface area contributed by atoms with Crippen molar-refractivity contribution in [3.8, 4) is 23.0 Å². The summed E-state index contributed by atoms with van der Waals surface area (Å²) in [5, 5.41) is 12.0. The number of nitrogens with one attached hydrogen (secondary N) is 4. The van der Waals surface area contributed by atoms with Crippen LogP contribution in [0.5, 0.6) is 23.0 Å². The van der Waals surface area contributed by atoms with Crippen LogP contribution in [-0.4, -0.2) is 127 Å². The molecule has 14 nitrogen and oxygen atoms in total. The SMILES string of the molecule is CCCNC(=O)COc1c(CC)cc(CCC)cc1Cc1cc(CC(C)C)cc(Cc2cc(CCC)cc(Cc3cc(CC(C)C)ccc3OCC(=O)NCCN(C)C)c2OCC(=O)NCCC)c1OCC(=O)NCCN(C)C. The molecular formula is C65H98N6O8. The fraction of sp³-hybridized carbons (Fsp3) is 0.569. The molecule has 0 aliphatic heterocycles. The first-order valence-electron chi connectivity index (χ1n) is 29.3. The number of likely N-dealkylation sites (N-methyl/N-ethyl adjacent to an activating group) is 2. The third kappa shape index (κ3) is 23.2. The largest absolute Gasteiger partial charge is 0.483 e. The Hall–Kier alpha value is -6.12. The van der Waals surface area contributed by atoms with Gasteiger partial charge in [0.2, 0.25) is 0 Å². The second kappa shape index (κ2) is 34.8. The topological polar surface area (TPSA) is 160 Å². The minimum absolute atomic E-state index is 0.111. The molecule has 0 radical (unpaired) electrons. The summed E-state index contributed by atoms with van der Waals surface area (Å²) in [6, 6.07) is 19.4. The summed E-state index contributed by atoms with van der Waals surface area (Å²) in [5.74, 6) is 2.39. The second-order valence-corrected chi connectivity index (χ2v) is 22.4. The van der Waals surface area contributed by atoms with Gasteiger partial charge in [0, 0.05) is 58.5 Å². The predicted octanol–water partition coefficient (Wildman–Crippen LogP) is 9.25. The molecule has 79 heavy (non-hydrogen) atoms. The number of hydrogen-bond donors (Lipinski definition) is 4. The number of benzene rings is 4. The van der Waals surface area contributed by atoms with Crippen molar-refractivity contribution in [3.63, 3.8) is 0 Å². The maximum atomic E-state index is 13.7. The fourth-order valence-electron chi connectivity index (χ4n) is 9.66. The molecule has 0 spiro atoms. The standard InChI is InChI=1S/C65H98N6O8/c1-14-19-47-31-51(18-5)63(77-42-60(73)66-23-16-3)54(33-47)39-56-36-50(30-46(8)9)37-57(65(56)79-44-62(75)69-26-28-71(12)13)40-55-35-48(20-15-2)34-53(64(55)78-43-61(74)67-24-17-4)38-52-32-49(29-45(6)7)21-22-58(52)76-41-59(72)68-25-27-70(10)11/h21-22,31-37,45-46H,14-20,23-30,38-44H2,1-13H3,(H,66,73)(H,67,74)(H,68,72)(H,69,75). The van der Waals surface area contributed by atoms with E-state index in [0.717, 1.165) is 107 Å².